The average molecular weight is 783 g/mol. The summed E-state index contributed by atoms with van der Waals surface area (Å²) < 4.78 is 62.1. The van der Waals surface area contributed by atoms with Crippen molar-refractivity contribution in [2.45, 2.75) is 30.6 Å². The van der Waals surface area contributed by atoms with Gasteiger partial charge < -0.3 is 36.2 Å². The van der Waals surface area contributed by atoms with Crippen LogP contribution in [0.5, 0.6) is 11.5 Å². The summed E-state index contributed by atoms with van der Waals surface area (Å²) in [5.41, 5.74) is 8.11. The van der Waals surface area contributed by atoms with Crippen LogP contribution < -0.4 is 15.8 Å². The molecule has 0 atom stereocenters. The Morgan fingerprint density at radius 3 is 1.70 bits per heavy atom. The summed E-state index contributed by atoms with van der Waals surface area (Å²) >= 11 is 0. The maximum absolute atomic E-state index is 14.1. The molecule has 0 aliphatic heterocycles. The standard InChI is InChI=1S/C37H42N4O11S2/c1-22-20-23(2)37(54(50,51)41(14-18-44)15-19-45)24(3)34(22)39-29-21-30(33(38)32-31(29)35(46)27-6-4-5-7-28(27)36(32)47)52-25-8-10-26(11-9-25)53(48,49)40(12-16-42)13-17-43/h4-11,20-21,39,42-45H,12-19,38H2,1-3H3. The molecule has 0 radical (unpaired) electrons. The first-order valence-electron chi connectivity index (χ1n) is 16.9. The Morgan fingerprint density at radius 2 is 1.19 bits per heavy atom. The van der Waals surface area contributed by atoms with Gasteiger partial charge >= 0.3 is 0 Å². The molecule has 17 heteroatoms. The smallest absolute Gasteiger partial charge is 0.243 e. The number of anilines is 3. The van der Waals surface area contributed by atoms with E-state index in [1.807, 2.05) is 0 Å². The Balaban J connectivity index is 1.65. The van der Waals surface area contributed by atoms with E-state index < -0.39 is 58.0 Å². The Kier molecular flexibility index (Phi) is 12.2. The van der Waals surface area contributed by atoms with Crippen molar-refractivity contribution >= 4 is 48.7 Å². The van der Waals surface area contributed by atoms with Crippen LogP contribution in [0.25, 0.3) is 0 Å². The summed E-state index contributed by atoms with van der Waals surface area (Å²) in [6.07, 6.45) is 0. The SMILES string of the molecule is Cc1cc(C)c(S(=O)(=O)N(CCO)CCO)c(C)c1Nc1cc(Oc2ccc(S(=O)(=O)N(CCO)CCO)cc2)c(N)c2c1C(=O)c1ccccc1C2=O. The predicted molar refractivity (Wildman–Crippen MR) is 200 cm³/mol. The molecule has 0 unspecified atom stereocenters. The molecule has 7 N–H and O–H groups in total. The van der Waals surface area contributed by atoms with Gasteiger partial charge in [-0.25, -0.2) is 16.8 Å². The largest absolute Gasteiger partial charge is 0.455 e. The van der Waals surface area contributed by atoms with Crippen LogP contribution in [0, 0.1) is 20.8 Å². The fourth-order valence-corrected chi connectivity index (χ4v) is 9.88. The number of sulfonamides is 2. The first kappa shape index (κ1) is 40.5. The molecule has 0 fully saturated rings. The zero-order chi connectivity index (χ0) is 39.5. The quantitative estimate of drug-likeness (QED) is 0.0790. The molecule has 4 aromatic carbocycles. The van der Waals surface area contributed by atoms with E-state index in [1.165, 1.54) is 42.5 Å². The Labute approximate surface area is 313 Å². The molecular weight excluding hydrogens is 741 g/mol. The van der Waals surface area contributed by atoms with Crippen LogP contribution in [0.4, 0.5) is 17.1 Å². The van der Waals surface area contributed by atoms with Gasteiger partial charge in [0.1, 0.15) is 5.75 Å². The summed E-state index contributed by atoms with van der Waals surface area (Å²) in [5, 5.41) is 41.0. The van der Waals surface area contributed by atoms with Crippen molar-refractivity contribution in [1.82, 2.24) is 8.61 Å². The molecular formula is C37H42N4O11S2. The van der Waals surface area contributed by atoms with Crippen LogP contribution in [0.15, 0.2) is 70.5 Å². The van der Waals surface area contributed by atoms with Gasteiger partial charge in [-0.2, -0.15) is 8.61 Å². The lowest BCUT2D eigenvalue weighted by atomic mass is 9.82. The Morgan fingerprint density at radius 1 is 0.685 bits per heavy atom. The van der Waals surface area contributed by atoms with E-state index in [1.54, 1.807) is 39.0 Å². The molecule has 0 saturated heterocycles. The highest BCUT2D eigenvalue weighted by Gasteiger charge is 2.36. The molecule has 0 heterocycles. The van der Waals surface area contributed by atoms with Crippen LogP contribution in [-0.2, 0) is 20.0 Å². The molecule has 5 rings (SSSR count). The highest BCUT2D eigenvalue weighted by Crippen LogP contribution is 2.44. The van der Waals surface area contributed by atoms with Crippen molar-refractivity contribution in [2.24, 2.45) is 0 Å². The number of carbonyl (C=O) groups is 2. The second-order valence-electron chi connectivity index (χ2n) is 12.5. The minimum Gasteiger partial charge on any atom is -0.455 e. The predicted octanol–water partition coefficient (Wildman–Crippen LogP) is 2.46. The van der Waals surface area contributed by atoms with Crippen LogP contribution >= 0.6 is 0 Å². The molecule has 15 nitrogen and oxygen atoms in total. The van der Waals surface area contributed by atoms with Crippen molar-refractivity contribution in [2.75, 3.05) is 63.7 Å². The van der Waals surface area contributed by atoms with Gasteiger partial charge in [0.05, 0.1) is 58.7 Å². The number of aryl methyl sites for hydroxylation is 2. The first-order valence-corrected chi connectivity index (χ1v) is 19.8. The van der Waals surface area contributed by atoms with E-state index in [9.17, 15) is 46.9 Å². The topological polar surface area (TPSA) is 237 Å². The molecule has 0 aromatic heterocycles. The molecule has 4 aromatic rings. The maximum atomic E-state index is 14.1. The number of aliphatic hydroxyl groups is 4. The second kappa shape index (κ2) is 16.3. The van der Waals surface area contributed by atoms with Crippen molar-refractivity contribution < 1.29 is 51.6 Å². The number of ether oxygens (including phenoxy) is 1. The maximum Gasteiger partial charge on any atom is 0.243 e. The zero-order valence-electron chi connectivity index (χ0n) is 29.9. The van der Waals surface area contributed by atoms with Crippen molar-refractivity contribution in [1.29, 1.82) is 0 Å². The van der Waals surface area contributed by atoms with Gasteiger partial charge in [-0.3, -0.25) is 9.59 Å². The van der Waals surface area contributed by atoms with Crippen molar-refractivity contribution in [3.05, 3.63) is 99.6 Å². The molecule has 1 aliphatic rings. The third-order valence-corrected chi connectivity index (χ3v) is 13.1. The number of nitrogen functional groups attached to an aromatic ring is 1. The number of rotatable bonds is 16. The minimum atomic E-state index is -4.24. The number of fused-ring (bicyclic) bond motifs is 2. The van der Waals surface area contributed by atoms with Gasteiger partial charge in [0, 0.05) is 49.1 Å². The molecule has 54 heavy (non-hydrogen) atoms. The molecule has 0 bridgehead atoms. The highest BCUT2D eigenvalue weighted by atomic mass is 32.2. The van der Waals surface area contributed by atoms with E-state index in [0.29, 0.717) is 16.8 Å². The minimum absolute atomic E-state index is 0.0659. The summed E-state index contributed by atoms with van der Waals surface area (Å²) in [4.78, 5) is 27.9. The normalized spacial score (nSPS) is 13.0. The number of nitrogens with zero attached hydrogens (tertiary/aromatic N) is 2. The lowest BCUT2D eigenvalue weighted by Gasteiger charge is -2.27. The van der Waals surface area contributed by atoms with Gasteiger partial charge in [-0.1, -0.05) is 30.3 Å². The van der Waals surface area contributed by atoms with Gasteiger partial charge in [0.15, 0.2) is 17.3 Å². The number of aliphatic hydroxyl groups excluding tert-OH is 4. The number of nitrogens with one attached hydrogen (secondary N) is 1. The fourth-order valence-electron chi connectivity index (χ4n) is 6.60. The molecule has 0 saturated carbocycles. The van der Waals surface area contributed by atoms with E-state index in [-0.39, 0.29) is 86.7 Å². The molecule has 0 spiro atoms. The molecule has 0 amide bonds. The third-order valence-electron chi connectivity index (χ3n) is 9.05. The van der Waals surface area contributed by atoms with E-state index in [0.717, 1.165) is 8.61 Å². The number of carbonyl (C=O) groups excluding carboxylic acids is 2. The van der Waals surface area contributed by atoms with Gasteiger partial charge in [-0.15, -0.1) is 0 Å². The number of benzene rings is 4. The molecule has 288 valence electrons. The highest BCUT2D eigenvalue weighted by molar-refractivity contribution is 7.89. The Bertz CT molecular complexity index is 2300. The number of ketones is 2. The monoisotopic (exact) mass is 782 g/mol. The lowest BCUT2D eigenvalue weighted by molar-refractivity contribution is 0.0980. The lowest BCUT2D eigenvalue weighted by Crippen LogP contribution is -2.36. The number of hydrogen-bond acceptors (Lipinski definition) is 13. The summed E-state index contributed by atoms with van der Waals surface area (Å²) in [6, 6.07) is 14.5. The van der Waals surface area contributed by atoms with Crippen molar-refractivity contribution in [3.63, 3.8) is 0 Å². The van der Waals surface area contributed by atoms with Crippen LogP contribution in [0.2, 0.25) is 0 Å². The van der Waals surface area contributed by atoms with E-state index >= 15 is 0 Å². The van der Waals surface area contributed by atoms with Crippen LogP contribution in [0.3, 0.4) is 0 Å². The Hall–Kier alpha value is -4.72. The van der Waals surface area contributed by atoms with Crippen molar-refractivity contribution in [3.8, 4) is 11.5 Å². The zero-order valence-corrected chi connectivity index (χ0v) is 31.5. The van der Waals surface area contributed by atoms with Gasteiger partial charge in [0.25, 0.3) is 0 Å². The number of nitrogens with two attached hydrogens (primary N) is 1. The fraction of sp³-hybridized carbons (Fsp3) is 0.297. The summed E-state index contributed by atoms with van der Waals surface area (Å²) in [6.45, 7) is 2.11. The van der Waals surface area contributed by atoms with Crippen LogP contribution in [0.1, 0.15) is 48.5 Å². The van der Waals surface area contributed by atoms with E-state index in [4.69, 9.17) is 10.5 Å². The number of hydrogen-bond donors (Lipinski definition) is 6. The molecule has 1 aliphatic carbocycles. The second-order valence-corrected chi connectivity index (χ2v) is 16.3. The average Bonchev–Trinajstić information content (AvgIpc) is 3.13. The summed E-state index contributed by atoms with van der Waals surface area (Å²) in [7, 11) is -8.33. The van der Waals surface area contributed by atoms with Gasteiger partial charge in [0.2, 0.25) is 20.0 Å². The summed E-state index contributed by atoms with van der Waals surface area (Å²) in [5.74, 6) is -1.02. The first-order chi connectivity index (χ1) is 25.6. The van der Waals surface area contributed by atoms with Crippen LogP contribution in [-0.4, -0.2) is 110 Å². The third kappa shape index (κ3) is 7.49. The van der Waals surface area contributed by atoms with Gasteiger partial charge in [-0.05, 0) is 61.7 Å². The van der Waals surface area contributed by atoms with E-state index in [2.05, 4.69) is 5.32 Å².